The molecular weight excluding hydrogens is 388 g/mol. The summed E-state index contributed by atoms with van der Waals surface area (Å²) >= 11 is 0. The molecule has 30 heavy (non-hydrogen) atoms. The summed E-state index contributed by atoms with van der Waals surface area (Å²) in [5, 5.41) is 0. The average Bonchev–Trinajstić information content (AvgIpc) is 2.71. The molecule has 0 atom stereocenters. The van der Waals surface area contributed by atoms with E-state index in [2.05, 4.69) is 53.1 Å². The molecule has 0 unspecified atom stereocenters. The third-order valence-corrected chi connectivity index (χ3v) is 11.9. The van der Waals surface area contributed by atoms with Crippen LogP contribution in [0.5, 0.6) is 0 Å². The second kappa shape index (κ2) is 10.6. The summed E-state index contributed by atoms with van der Waals surface area (Å²) < 4.78 is 6.48. The van der Waals surface area contributed by atoms with Crippen molar-refractivity contribution in [3.63, 3.8) is 0 Å². The highest BCUT2D eigenvalue weighted by Crippen LogP contribution is 2.42. The van der Waals surface area contributed by atoms with Crippen LogP contribution in [-0.4, -0.2) is 24.3 Å². The van der Waals surface area contributed by atoms with Gasteiger partial charge in [-0.3, -0.25) is 4.98 Å². The number of benzene rings is 1. The first-order valence-corrected chi connectivity index (χ1v) is 12.9. The second-order valence-electron chi connectivity index (χ2n) is 8.78. The zero-order valence-electron chi connectivity index (χ0n) is 19.3. The Kier molecular flexibility index (Phi) is 8.41. The highest BCUT2D eigenvalue weighted by Gasteiger charge is 2.48. The third kappa shape index (κ3) is 5.39. The van der Waals surface area contributed by atoms with Gasteiger partial charge < -0.3 is 9.33 Å². The van der Waals surface area contributed by atoms with Gasteiger partial charge in [-0.2, -0.15) is 0 Å². The molecule has 0 bridgehead atoms. The van der Waals surface area contributed by atoms with Crippen molar-refractivity contribution in [1.29, 1.82) is 0 Å². The summed E-state index contributed by atoms with van der Waals surface area (Å²) in [6.45, 7) is 17.9. The maximum atomic E-state index is 13.6. The number of carbonyl (C=O) groups excluding carboxylic acids is 1. The van der Waals surface area contributed by atoms with Crippen LogP contribution in [0.25, 0.3) is 6.08 Å². The molecule has 0 fully saturated rings. The summed E-state index contributed by atoms with van der Waals surface area (Å²) in [7, 11) is -2.34. The molecule has 1 amide bonds. The molecule has 5 heteroatoms. The van der Waals surface area contributed by atoms with Crippen molar-refractivity contribution in [2.24, 2.45) is 0 Å². The Labute approximate surface area is 183 Å². The largest absolute Gasteiger partial charge is 0.503 e. The number of aromatic nitrogens is 1. The van der Waals surface area contributed by atoms with Crippen LogP contribution in [0.1, 0.15) is 58.4 Å². The van der Waals surface area contributed by atoms with E-state index in [4.69, 9.17) is 4.43 Å². The van der Waals surface area contributed by atoms with E-state index in [0.29, 0.717) is 29.7 Å². The van der Waals surface area contributed by atoms with E-state index in [1.807, 2.05) is 42.5 Å². The SMILES string of the molecule is C=Cc1ncccc1CN(Cc1ccccc1)C(=O)O[Si](C(C)C)(C(C)C)C(C)C. The molecule has 0 radical (unpaired) electrons. The molecule has 1 aromatic carbocycles. The molecule has 0 saturated carbocycles. The minimum atomic E-state index is -2.34. The van der Waals surface area contributed by atoms with Gasteiger partial charge in [-0.05, 0) is 39.9 Å². The van der Waals surface area contributed by atoms with E-state index in [1.54, 1.807) is 17.2 Å². The van der Waals surface area contributed by atoms with Crippen molar-refractivity contribution in [3.8, 4) is 0 Å². The minimum absolute atomic E-state index is 0.236. The fourth-order valence-electron chi connectivity index (χ4n) is 4.53. The lowest BCUT2D eigenvalue weighted by Gasteiger charge is -2.42. The molecule has 0 aliphatic heterocycles. The zero-order chi connectivity index (χ0) is 22.3. The highest BCUT2D eigenvalue weighted by molar-refractivity contribution is 6.78. The standard InChI is InChI=1S/C25H36N2O2Si/c1-8-24-23(15-12-16-26-24)18-27(17-22-13-10-9-11-14-22)25(28)29-30(19(2)3,20(4)5)21(6)7/h8-16,19-21H,1,17-18H2,2-7H3. The van der Waals surface area contributed by atoms with Crippen LogP contribution in [0.4, 0.5) is 4.79 Å². The highest BCUT2D eigenvalue weighted by atomic mass is 28.4. The Bertz CT molecular complexity index is 812. The quantitative estimate of drug-likeness (QED) is 0.405. The number of carbonyl (C=O) groups is 1. The Balaban J connectivity index is 2.39. The van der Waals surface area contributed by atoms with Gasteiger partial charge in [-0.15, -0.1) is 0 Å². The maximum Gasteiger partial charge on any atom is 0.396 e. The first kappa shape index (κ1) is 23.9. The topological polar surface area (TPSA) is 42.4 Å². The Morgan fingerprint density at radius 3 is 2.13 bits per heavy atom. The van der Waals surface area contributed by atoms with E-state index in [9.17, 15) is 4.79 Å². The van der Waals surface area contributed by atoms with Gasteiger partial charge in [0, 0.05) is 12.7 Å². The number of amides is 1. The summed E-state index contributed by atoms with van der Waals surface area (Å²) in [6, 6.07) is 13.9. The minimum Gasteiger partial charge on any atom is -0.503 e. The predicted molar refractivity (Wildman–Crippen MR) is 128 cm³/mol. The smallest absolute Gasteiger partial charge is 0.396 e. The van der Waals surface area contributed by atoms with E-state index < -0.39 is 8.32 Å². The lowest BCUT2D eigenvalue weighted by Crippen LogP contribution is -2.51. The van der Waals surface area contributed by atoms with Crippen LogP contribution >= 0.6 is 0 Å². The fourth-order valence-corrected chi connectivity index (χ4v) is 9.67. The molecule has 2 aromatic rings. The van der Waals surface area contributed by atoms with Crippen molar-refractivity contribution in [2.45, 2.75) is 71.3 Å². The van der Waals surface area contributed by atoms with Crippen molar-refractivity contribution in [2.75, 3.05) is 0 Å². The van der Waals surface area contributed by atoms with E-state index in [0.717, 1.165) is 16.8 Å². The molecule has 0 N–H and O–H groups in total. The van der Waals surface area contributed by atoms with Crippen LogP contribution in [0.2, 0.25) is 16.6 Å². The molecule has 0 saturated heterocycles. The van der Waals surface area contributed by atoms with Crippen LogP contribution in [0.15, 0.2) is 55.2 Å². The first-order valence-electron chi connectivity index (χ1n) is 10.8. The predicted octanol–water partition coefficient (Wildman–Crippen LogP) is 7.04. The lowest BCUT2D eigenvalue weighted by atomic mass is 10.1. The number of pyridine rings is 1. The molecular formula is C25H36N2O2Si. The monoisotopic (exact) mass is 424 g/mol. The molecule has 0 aliphatic carbocycles. The summed E-state index contributed by atoms with van der Waals surface area (Å²) in [6.07, 6.45) is 3.24. The van der Waals surface area contributed by atoms with Crippen LogP contribution in [0.3, 0.4) is 0 Å². The number of hydrogen-bond acceptors (Lipinski definition) is 3. The molecule has 162 valence electrons. The van der Waals surface area contributed by atoms with Gasteiger partial charge in [0.25, 0.3) is 8.32 Å². The number of nitrogens with zero attached hydrogens (tertiary/aromatic N) is 2. The lowest BCUT2D eigenvalue weighted by molar-refractivity contribution is 0.139. The summed E-state index contributed by atoms with van der Waals surface area (Å²) in [5.74, 6) is 0. The molecule has 1 heterocycles. The fraction of sp³-hybridized carbons (Fsp3) is 0.440. The number of hydrogen-bond donors (Lipinski definition) is 0. The van der Waals surface area contributed by atoms with Gasteiger partial charge in [0.1, 0.15) is 0 Å². The normalized spacial score (nSPS) is 11.8. The Morgan fingerprint density at radius 2 is 1.60 bits per heavy atom. The molecule has 1 aromatic heterocycles. The van der Waals surface area contributed by atoms with Gasteiger partial charge in [-0.1, -0.05) is 84.5 Å². The van der Waals surface area contributed by atoms with Crippen molar-refractivity contribution in [3.05, 3.63) is 72.1 Å². The molecule has 2 rings (SSSR count). The summed E-state index contributed by atoms with van der Waals surface area (Å²) in [5.41, 5.74) is 3.84. The molecule has 4 nitrogen and oxygen atoms in total. The van der Waals surface area contributed by atoms with Crippen molar-refractivity contribution in [1.82, 2.24) is 9.88 Å². The third-order valence-electron chi connectivity index (χ3n) is 5.93. The van der Waals surface area contributed by atoms with Gasteiger partial charge in [0.05, 0.1) is 12.2 Å². The zero-order valence-corrected chi connectivity index (χ0v) is 20.3. The van der Waals surface area contributed by atoms with Gasteiger partial charge in [0.2, 0.25) is 0 Å². The second-order valence-corrected chi connectivity index (χ2v) is 14.2. The van der Waals surface area contributed by atoms with Crippen molar-refractivity contribution >= 4 is 20.5 Å². The van der Waals surface area contributed by atoms with Gasteiger partial charge in [-0.25, -0.2) is 4.79 Å². The van der Waals surface area contributed by atoms with Crippen LogP contribution < -0.4 is 0 Å². The van der Waals surface area contributed by atoms with Crippen LogP contribution in [-0.2, 0) is 17.5 Å². The van der Waals surface area contributed by atoms with Gasteiger partial charge in [0.15, 0.2) is 0 Å². The number of rotatable bonds is 9. The van der Waals surface area contributed by atoms with Gasteiger partial charge >= 0.3 is 6.09 Å². The maximum absolute atomic E-state index is 13.6. The van der Waals surface area contributed by atoms with Crippen molar-refractivity contribution < 1.29 is 9.22 Å². The summed E-state index contributed by atoms with van der Waals surface area (Å²) in [4.78, 5) is 19.8. The van der Waals surface area contributed by atoms with E-state index in [1.165, 1.54) is 0 Å². The Morgan fingerprint density at radius 1 is 1.00 bits per heavy atom. The molecule has 0 aliphatic rings. The Hall–Kier alpha value is -2.40. The average molecular weight is 425 g/mol. The molecule has 0 spiro atoms. The van der Waals surface area contributed by atoms with E-state index in [-0.39, 0.29) is 6.09 Å². The first-order chi connectivity index (χ1) is 14.2. The van der Waals surface area contributed by atoms with E-state index >= 15 is 0 Å². The van der Waals surface area contributed by atoms with Crippen LogP contribution in [0, 0.1) is 0 Å².